The van der Waals surface area contributed by atoms with Gasteiger partial charge in [-0.2, -0.15) is 0 Å². The smallest absolute Gasteiger partial charge is 0.258 e. The molecule has 2 amide bonds. The van der Waals surface area contributed by atoms with Crippen LogP contribution in [0.25, 0.3) is 5.57 Å². The summed E-state index contributed by atoms with van der Waals surface area (Å²) in [5.74, 6) is 0.151. The second kappa shape index (κ2) is 9.89. The number of anilines is 1. The highest BCUT2D eigenvalue weighted by atomic mass is 16.7. The fourth-order valence-corrected chi connectivity index (χ4v) is 4.79. The molecular formula is C28H29N3O5. The molecule has 0 spiro atoms. The minimum atomic E-state index is -0.521. The Morgan fingerprint density at radius 1 is 1.08 bits per heavy atom. The Hall–Kier alpha value is -4.07. The lowest BCUT2D eigenvalue weighted by molar-refractivity contribution is -0.129. The number of likely N-dealkylation sites (tertiary alicyclic amines) is 1. The van der Waals surface area contributed by atoms with E-state index in [0.717, 1.165) is 18.4 Å². The van der Waals surface area contributed by atoms with Gasteiger partial charge >= 0.3 is 0 Å². The van der Waals surface area contributed by atoms with Crippen LogP contribution in [0.5, 0.6) is 0 Å². The van der Waals surface area contributed by atoms with Crippen LogP contribution in [0.1, 0.15) is 48.2 Å². The van der Waals surface area contributed by atoms with Gasteiger partial charge in [0.15, 0.2) is 11.5 Å². The molecule has 0 radical (unpaired) electrons. The SMILES string of the molecule is CC(=O)c1ccc2c(c1)C(=C(NC1CCN(C(C)=O)CC1)C1=COC(Cc3ccccc3)O1)C(=O)N2. The molecule has 5 rings (SSSR count). The predicted octanol–water partition coefficient (Wildman–Crippen LogP) is 3.61. The average molecular weight is 488 g/mol. The molecule has 2 aromatic rings. The lowest BCUT2D eigenvalue weighted by Crippen LogP contribution is -2.44. The van der Waals surface area contributed by atoms with Gasteiger partial charge in [0, 0.05) is 49.3 Å². The molecule has 3 aliphatic heterocycles. The van der Waals surface area contributed by atoms with Crippen LogP contribution in [-0.4, -0.2) is 47.9 Å². The summed E-state index contributed by atoms with van der Waals surface area (Å²) in [5.41, 5.74) is 3.84. The van der Waals surface area contributed by atoms with E-state index < -0.39 is 6.29 Å². The van der Waals surface area contributed by atoms with Crippen LogP contribution in [0.3, 0.4) is 0 Å². The molecule has 1 unspecified atom stereocenters. The molecule has 36 heavy (non-hydrogen) atoms. The van der Waals surface area contributed by atoms with Gasteiger partial charge in [0.25, 0.3) is 5.91 Å². The molecule has 0 aromatic heterocycles. The van der Waals surface area contributed by atoms with Gasteiger partial charge in [-0.05, 0) is 43.5 Å². The summed E-state index contributed by atoms with van der Waals surface area (Å²) >= 11 is 0. The number of carbonyl (C=O) groups excluding carboxylic acids is 3. The zero-order chi connectivity index (χ0) is 25.2. The second-order valence-electron chi connectivity index (χ2n) is 9.30. The van der Waals surface area contributed by atoms with E-state index in [0.29, 0.717) is 53.4 Å². The van der Waals surface area contributed by atoms with Crippen LogP contribution < -0.4 is 10.6 Å². The van der Waals surface area contributed by atoms with E-state index in [9.17, 15) is 14.4 Å². The lowest BCUT2D eigenvalue weighted by Gasteiger charge is -2.33. The van der Waals surface area contributed by atoms with E-state index >= 15 is 0 Å². The summed E-state index contributed by atoms with van der Waals surface area (Å²) in [4.78, 5) is 38.8. The van der Waals surface area contributed by atoms with Crippen molar-refractivity contribution >= 4 is 28.9 Å². The van der Waals surface area contributed by atoms with Crippen molar-refractivity contribution in [1.29, 1.82) is 0 Å². The molecule has 8 nitrogen and oxygen atoms in total. The maximum atomic E-state index is 13.2. The third-order valence-corrected chi connectivity index (χ3v) is 6.79. The van der Waals surface area contributed by atoms with Crippen molar-refractivity contribution in [2.24, 2.45) is 0 Å². The molecule has 0 saturated carbocycles. The number of benzene rings is 2. The molecular weight excluding hydrogens is 458 g/mol. The average Bonchev–Trinajstić information content (AvgIpc) is 3.46. The highest BCUT2D eigenvalue weighted by Gasteiger charge is 2.34. The van der Waals surface area contributed by atoms with Crippen molar-refractivity contribution in [2.45, 2.75) is 45.4 Å². The number of piperidine rings is 1. The Morgan fingerprint density at radius 3 is 2.53 bits per heavy atom. The number of Topliss-reactive ketones (excluding diaryl/α,β-unsaturated/α-hetero) is 1. The summed E-state index contributed by atoms with van der Waals surface area (Å²) in [6.07, 6.45) is 3.05. The first-order valence-corrected chi connectivity index (χ1v) is 12.2. The molecule has 1 fully saturated rings. The summed E-state index contributed by atoms with van der Waals surface area (Å²) in [6, 6.07) is 15.1. The Morgan fingerprint density at radius 2 is 1.83 bits per heavy atom. The van der Waals surface area contributed by atoms with Gasteiger partial charge < -0.3 is 25.0 Å². The maximum absolute atomic E-state index is 13.2. The highest BCUT2D eigenvalue weighted by Crippen LogP contribution is 2.38. The molecule has 3 heterocycles. The van der Waals surface area contributed by atoms with E-state index in [4.69, 9.17) is 9.47 Å². The quantitative estimate of drug-likeness (QED) is 0.477. The fourth-order valence-electron chi connectivity index (χ4n) is 4.79. The van der Waals surface area contributed by atoms with Crippen LogP contribution >= 0.6 is 0 Å². The Balaban J connectivity index is 1.46. The molecule has 0 bridgehead atoms. The van der Waals surface area contributed by atoms with Crippen molar-refractivity contribution in [2.75, 3.05) is 18.4 Å². The summed E-state index contributed by atoms with van der Waals surface area (Å²) in [5, 5.41) is 6.43. The van der Waals surface area contributed by atoms with Gasteiger partial charge in [-0.3, -0.25) is 14.4 Å². The van der Waals surface area contributed by atoms with Crippen molar-refractivity contribution in [1.82, 2.24) is 10.2 Å². The largest absolute Gasteiger partial charge is 0.458 e. The van der Waals surface area contributed by atoms with Crippen molar-refractivity contribution in [3.63, 3.8) is 0 Å². The first-order valence-electron chi connectivity index (χ1n) is 12.2. The first-order chi connectivity index (χ1) is 17.4. The molecule has 1 atom stereocenters. The number of rotatable bonds is 6. The number of amides is 2. The number of hydrogen-bond donors (Lipinski definition) is 2. The Bertz CT molecular complexity index is 1260. The number of carbonyl (C=O) groups is 3. The van der Waals surface area contributed by atoms with Crippen molar-refractivity contribution in [3.05, 3.63) is 82.9 Å². The van der Waals surface area contributed by atoms with E-state index in [1.54, 1.807) is 31.4 Å². The third kappa shape index (κ3) is 4.84. The van der Waals surface area contributed by atoms with E-state index in [2.05, 4.69) is 10.6 Å². The zero-order valence-corrected chi connectivity index (χ0v) is 20.4. The normalized spacial score (nSPS) is 20.6. The number of nitrogens with zero attached hydrogens (tertiary/aromatic N) is 1. The van der Waals surface area contributed by atoms with Gasteiger partial charge in [-0.1, -0.05) is 30.3 Å². The van der Waals surface area contributed by atoms with E-state index in [1.165, 1.54) is 6.92 Å². The molecule has 2 aromatic carbocycles. The number of fused-ring (bicyclic) bond motifs is 1. The zero-order valence-electron chi connectivity index (χ0n) is 20.4. The monoisotopic (exact) mass is 487 g/mol. The predicted molar refractivity (Wildman–Crippen MR) is 135 cm³/mol. The van der Waals surface area contributed by atoms with Crippen LogP contribution in [0, 0.1) is 0 Å². The molecule has 186 valence electrons. The summed E-state index contributed by atoms with van der Waals surface area (Å²) < 4.78 is 12.0. The van der Waals surface area contributed by atoms with E-state index in [1.807, 2.05) is 35.2 Å². The van der Waals surface area contributed by atoms with Crippen LogP contribution in [-0.2, 0) is 25.5 Å². The van der Waals surface area contributed by atoms with Crippen LogP contribution in [0.15, 0.2) is 66.2 Å². The van der Waals surface area contributed by atoms with Gasteiger partial charge in [-0.15, -0.1) is 0 Å². The minimum Gasteiger partial charge on any atom is -0.458 e. The lowest BCUT2D eigenvalue weighted by atomic mass is 9.98. The topological polar surface area (TPSA) is 97.0 Å². The van der Waals surface area contributed by atoms with Gasteiger partial charge in [0.2, 0.25) is 12.2 Å². The second-order valence-corrected chi connectivity index (χ2v) is 9.30. The minimum absolute atomic E-state index is 0.0358. The Kier molecular flexibility index (Phi) is 6.50. The first kappa shape index (κ1) is 23.7. The maximum Gasteiger partial charge on any atom is 0.258 e. The number of hydrogen-bond acceptors (Lipinski definition) is 6. The molecule has 1 saturated heterocycles. The molecule has 3 aliphatic rings. The summed E-state index contributed by atoms with van der Waals surface area (Å²) in [7, 11) is 0. The number of nitrogens with one attached hydrogen (secondary N) is 2. The van der Waals surface area contributed by atoms with Gasteiger partial charge in [-0.25, -0.2) is 0 Å². The van der Waals surface area contributed by atoms with E-state index in [-0.39, 0.29) is 23.6 Å². The highest BCUT2D eigenvalue weighted by molar-refractivity contribution is 6.32. The molecule has 0 aliphatic carbocycles. The molecule has 2 N–H and O–H groups in total. The Labute approximate surface area is 210 Å². The fraction of sp³-hybridized carbons (Fsp3) is 0.321. The van der Waals surface area contributed by atoms with Gasteiger partial charge in [0.05, 0.1) is 11.3 Å². The third-order valence-electron chi connectivity index (χ3n) is 6.79. The van der Waals surface area contributed by atoms with Crippen molar-refractivity contribution < 1.29 is 23.9 Å². The number of ether oxygens (including phenoxy) is 2. The number of ketones is 1. The molecule has 8 heteroatoms. The van der Waals surface area contributed by atoms with Crippen LogP contribution in [0.4, 0.5) is 5.69 Å². The van der Waals surface area contributed by atoms with Crippen LogP contribution in [0.2, 0.25) is 0 Å². The van der Waals surface area contributed by atoms with Crippen molar-refractivity contribution in [3.8, 4) is 0 Å². The standard InChI is InChI=1S/C28H29N3O5/c1-17(32)20-8-9-23-22(15-20)26(28(34)30-23)27(29-21-10-12-31(13-11-21)18(2)33)24-16-35-25(36-24)14-19-6-4-3-5-7-19/h3-9,15-16,21,25,29H,10-14H2,1-2H3,(H,30,34). The summed E-state index contributed by atoms with van der Waals surface area (Å²) in [6.45, 7) is 4.36. The van der Waals surface area contributed by atoms with Gasteiger partial charge in [0.1, 0.15) is 6.26 Å².